The molecule has 1 saturated heterocycles. The molecule has 1 unspecified atom stereocenters. The highest BCUT2D eigenvalue weighted by atomic mass is 32.1. The van der Waals surface area contributed by atoms with Gasteiger partial charge in [-0.05, 0) is 43.5 Å². The zero-order valence-corrected chi connectivity index (χ0v) is 18.1. The lowest BCUT2D eigenvalue weighted by molar-refractivity contribution is -0.144. The Morgan fingerprint density at radius 3 is 2.87 bits per heavy atom. The van der Waals surface area contributed by atoms with Crippen molar-refractivity contribution < 1.29 is 14.3 Å². The number of aryl methyl sites for hydroxylation is 2. The van der Waals surface area contributed by atoms with Crippen molar-refractivity contribution in [1.82, 2.24) is 14.5 Å². The molecule has 0 saturated carbocycles. The first-order valence-corrected chi connectivity index (χ1v) is 11.4. The molecule has 2 aromatic heterocycles. The summed E-state index contributed by atoms with van der Waals surface area (Å²) in [6.45, 7) is 1.11. The number of hydrogen-bond acceptors (Lipinski definition) is 5. The molecule has 3 heterocycles. The van der Waals surface area contributed by atoms with Crippen molar-refractivity contribution in [3.05, 3.63) is 53.3 Å². The van der Waals surface area contributed by atoms with Gasteiger partial charge in [-0.15, -0.1) is 11.3 Å². The van der Waals surface area contributed by atoms with Gasteiger partial charge in [0, 0.05) is 38.7 Å². The van der Waals surface area contributed by atoms with Crippen molar-refractivity contribution >= 4 is 33.4 Å². The maximum Gasteiger partial charge on any atom is 0.306 e. The van der Waals surface area contributed by atoms with Crippen LogP contribution >= 0.6 is 11.3 Å². The Bertz CT molecular complexity index is 993. The highest BCUT2D eigenvalue weighted by molar-refractivity contribution is 7.18. The summed E-state index contributed by atoms with van der Waals surface area (Å²) in [7, 11) is 1.89. The first kappa shape index (κ1) is 20.6. The van der Waals surface area contributed by atoms with Gasteiger partial charge in [0.15, 0.2) is 0 Å². The van der Waals surface area contributed by atoms with E-state index in [4.69, 9.17) is 4.74 Å². The van der Waals surface area contributed by atoms with Gasteiger partial charge in [-0.2, -0.15) is 0 Å². The van der Waals surface area contributed by atoms with E-state index in [9.17, 15) is 9.59 Å². The lowest BCUT2D eigenvalue weighted by Crippen LogP contribution is -2.44. The molecule has 4 rings (SSSR count). The quantitative estimate of drug-likeness (QED) is 0.532. The van der Waals surface area contributed by atoms with Crippen molar-refractivity contribution in [1.29, 1.82) is 0 Å². The van der Waals surface area contributed by atoms with Gasteiger partial charge in [-0.1, -0.05) is 12.1 Å². The predicted octanol–water partition coefficient (Wildman–Crippen LogP) is 4.20. The van der Waals surface area contributed by atoms with Crippen molar-refractivity contribution in [2.45, 2.75) is 44.6 Å². The maximum absolute atomic E-state index is 12.9. The number of likely N-dealkylation sites (tertiary alicyclic amines) is 1. The fraction of sp³-hybridized carbons (Fsp3) is 0.435. The second-order valence-electron chi connectivity index (χ2n) is 7.74. The molecule has 7 heteroatoms. The SMILES string of the molecule is Cn1cccc1C(=O)N1CCCCC1CCOC(=O)CCc1nc2ccccc2s1. The number of ether oxygens (including phenoxy) is 1. The fourth-order valence-corrected chi connectivity index (χ4v) is 4.98. The van der Waals surface area contributed by atoms with Crippen LogP contribution in [0.5, 0.6) is 0 Å². The van der Waals surface area contributed by atoms with Crippen molar-refractivity contribution in [2.75, 3.05) is 13.2 Å². The molecule has 3 aromatic rings. The molecule has 1 aliphatic heterocycles. The summed E-state index contributed by atoms with van der Waals surface area (Å²) in [5, 5.41) is 0.958. The van der Waals surface area contributed by atoms with Crippen molar-refractivity contribution in [3.8, 4) is 0 Å². The molecular weight excluding hydrogens is 398 g/mol. The molecule has 0 bridgehead atoms. The Hall–Kier alpha value is -2.67. The number of para-hydroxylation sites is 1. The Kier molecular flexibility index (Phi) is 6.47. The van der Waals surface area contributed by atoms with Crippen LogP contribution in [0.25, 0.3) is 10.2 Å². The lowest BCUT2D eigenvalue weighted by Gasteiger charge is -2.35. The van der Waals surface area contributed by atoms with Crippen LogP contribution in [0.15, 0.2) is 42.6 Å². The van der Waals surface area contributed by atoms with Crippen LogP contribution in [0.3, 0.4) is 0 Å². The van der Waals surface area contributed by atoms with Gasteiger partial charge in [0.25, 0.3) is 5.91 Å². The van der Waals surface area contributed by atoms with E-state index < -0.39 is 0 Å². The molecule has 1 amide bonds. The number of rotatable bonds is 7. The average molecular weight is 426 g/mol. The van der Waals surface area contributed by atoms with Crippen LogP contribution in [0.2, 0.25) is 0 Å². The van der Waals surface area contributed by atoms with Gasteiger partial charge in [0.05, 0.1) is 28.3 Å². The lowest BCUT2D eigenvalue weighted by atomic mass is 9.99. The largest absolute Gasteiger partial charge is 0.466 e. The molecule has 1 aliphatic rings. The molecule has 30 heavy (non-hydrogen) atoms. The summed E-state index contributed by atoms with van der Waals surface area (Å²) in [6, 6.07) is 11.9. The van der Waals surface area contributed by atoms with E-state index >= 15 is 0 Å². The molecule has 0 aliphatic carbocycles. The van der Waals surface area contributed by atoms with Gasteiger partial charge < -0.3 is 14.2 Å². The Morgan fingerprint density at radius 1 is 1.20 bits per heavy atom. The number of carbonyl (C=O) groups is 2. The standard InChI is InChI=1S/C23H27N3O3S/c1-25-14-6-9-19(25)23(28)26-15-5-4-7-17(26)13-16-29-22(27)12-11-21-24-18-8-2-3-10-20(18)30-21/h2-3,6,8-10,14,17H,4-5,7,11-13,15-16H2,1H3. The number of benzene rings is 1. The van der Waals surface area contributed by atoms with Gasteiger partial charge in [-0.25, -0.2) is 4.98 Å². The zero-order valence-electron chi connectivity index (χ0n) is 17.3. The number of amides is 1. The van der Waals surface area contributed by atoms with Crippen LogP contribution in [0.4, 0.5) is 0 Å². The normalized spacial score (nSPS) is 16.7. The second kappa shape index (κ2) is 9.43. The number of thiazole rings is 1. The maximum atomic E-state index is 12.9. The van der Waals surface area contributed by atoms with Gasteiger partial charge >= 0.3 is 5.97 Å². The molecule has 1 fully saturated rings. The topological polar surface area (TPSA) is 64.4 Å². The highest BCUT2D eigenvalue weighted by Crippen LogP contribution is 2.24. The van der Waals surface area contributed by atoms with E-state index in [0.717, 1.165) is 41.0 Å². The molecular formula is C23H27N3O3S. The summed E-state index contributed by atoms with van der Waals surface area (Å²) in [5.74, 6) is -0.139. The average Bonchev–Trinajstić information content (AvgIpc) is 3.37. The molecule has 0 radical (unpaired) electrons. The summed E-state index contributed by atoms with van der Waals surface area (Å²) in [5.41, 5.74) is 1.68. The summed E-state index contributed by atoms with van der Waals surface area (Å²) in [4.78, 5) is 31.6. The van der Waals surface area contributed by atoms with Gasteiger partial charge in [0.2, 0.25) is 0 Å². The van der Waals surface area contributed by atoms with E-state index in [-0.39, 0.29) is 17.9 Å². The molecule has 6 nitrogen and oxygen atoms in total. The minimum atomic E-state index is -0.203. The molecule has 158 valence electrons. The van der Waals surface area contributed by atoms with Crippen LogP contribution < -0.4 is 0 Å². The third-order valence-corrected chi connectivity index (χ3v) is 6.74. The number of piperidine rings is 1. The van der Waals surface area contributed by atoms with E-state index in [1.165, 1.54) is 0 Å². The number of nitrogens with zero attached hydrogens (tertiary/aromatic N) is 3. The van der Waals surface area contributed by atoms with E-state index in [1.807, 2.05) is 59.1 Å². The Labute approximate surface area is 180 Å². The smallest absolute Gasteiger partial charge is 0.306 e. The number of carbonyl (C=O) groups excluding carboxylic acids is 2. The zero-order chi connectivity index (χ0) is 20.9. The van der Waals surface area contributed by atoms with Crippen LogP contribution in [0, 0.1) is 0 Å². The van der Waals surface area contributed by atoms with Crippen LogP contribution in [-0.2, 0) is 23.0 Å². The Balaban J connectivity index is 1.25. The first-order valence-electron chi connectivity index (χ1n) is 10.5. The number of hydrogen-bond donors (Lipinski definition) is 0. The number of esters is 1. The van der Waals surface area contributed by atoms with Gasteiger partial charge in [-0.3, -0.25) is 9.59 Å². The van der Waals surface area contributed by atoms with Gasteiger partial charge in [0.1, 0.15) is 5.69 Å². The monoisotopic (exact) mass is 425 g/mol. The highest BCUT2D eigenvalue weighted by Gasteiger charge is 2.28. The first-order chi connectivity index (χ1) is 14.6. The molecule has 0 spiro atoms. The molecule has 1 aromatic carbocycles. The molecule has 1 atom stereocenters. The van der Waals surface area contributed by atoms with Crippen molar-refractivity contribution in [2.24, 2.45) is 7.05 Å². The second-order valence-corrected chi connectivity index (χ2v) is 8.85. The Morgan fingerprint density at radius 2 is 2.07 bits per heavy atom. The molecule has 0 N–H and O–H groups in total. The van der Waals surface area contributed by atoms with E-state index in [2.05, 4.69) is 4.98 Å². The number of fused-ring (bicyclic) bond motifs is 1. The third-order valence-electron chi connectivity index (χ3n) is 5.65. The predicted molar refractivity (Wildman–Crippen MR) is 118 cm³/mol. The van der Waals surface area contributed by atoms with Crippen LogP contribution in [0.1, 0.15) is 47.6 Å². The van der Waals surface area contributed by atoms with Crippen molar-refractivity contribution in [3.63, 3.8) is 0 Å². The van der Waals surface area contributed by atoms with E-state index in [0.29, 0.717) is 31.6 Å². The summed E-state index contributed by atoms with van der Waals surface area (Å²) >= 11 is 1.62. The summed E-state index contributed by atoms with van der Waals surface area (Å²) in [6.07, 6.45) is 6.58. The minimum absolute atomic E-state index is 0.0642. The number of aromatic nitrogens is 2. The van der Waals surface area contributed by atoms with E-state index in [1.54, 1.807) is 11.3 Å². The third kappa shape index (κ3) is 4.73. The summed E-state index contributed by atoms with van der Waals surface area (Å²) < 4.78 is 8.47. The fourth-order valence-electron chi connectivity index (χ4n) is 4.02. The van der Waals surface area contributed by atoms with Crippen LogP contribution in [-0.4, -0.2) is 45.5 Å². The minimum Gasteiger partial charge on any atom is -0.466 e.